The van der Waals surface area contributed by atoms with Gasteiger partial charge in [0.05, 0.1) is 11.3 Å². The summed E-state index contributed by atoms with van der Waals surface area (Å²) in [5.41, 5.74) is 2.49. The van der Waals surface area contributed by atoms with Crippen molar-refractivity contribution in [2.45, 2.75) is 131 Å². The van der Waals surface area contributed by atoms with Gasteiger partial charge in [0, 0.05) is 31.3 Å². The molecule has 0 aromatic carbocycles. The Kier molecular flexibility index (Phi) is 13.4. The van der Waals surface area contributed by atoms with Crippen molar-refractivity contribution in [3.05, 3.63) is 16.8 Å². The molecule has 5 heteroatoms. The number of hydrogen-bond acceptors (Lipinski definition) is 5. The summed E-state index contributed by atoms with van der Waals surface area (Å²) in [5.74, 6) is 3.98. The fourth-order valence-corrected chi connectivity index (χ4v) is 5.87. The molecule has 2 unspecified atom stereocenters. The minimum Gasteiger partial charge on any atom is -0.426 e. The summed E-state index contributed by atoms with van der Waals surface area (Å²) in [6.07, 6.45) is 14.3. The third-order valence-electron chi connectivity index (χ3n) is 8.30. The van der Waals surface area contributed by atoms with Gasteiger partial charge in [-0.2, -0.15) is 0 Å². The number of pyridine rings is 1. The van der Waals surface area contributed by atoms with Crippen molar-refractivity contribution in [2.24, 2.45) is 17.8 Å². The number of aromatic nitrogens is 1. The van der Waals surface area contributed by atoms with E-state index in [2.05, 4.69) is 53.5 Å². The van der Waals surface area contributed by atoms with Gasteiger partial charge in [0.25, 0.3) is 6.47 Å². The highest BCUT2D eigenvalue weighted by atomic mass is 16.5. The van der Waals surface area contributed by atoms with E-state index in [-0.39, 0.29) is 0 Å². The largest absolute Gasteiger partial charge is 0.426 e. The molecule has 0 saturated heterocycles. The van der Waals surface area contributed by atoms with Crippen molar-refractivity contribution in [3.8, 4) is 5.75 Å². The number of anilines is 1. The van der Waals surface area contributed by atoms with Gasteiger partial charge in [-0.05, 0) is 57.3 Å². The average molecular weight is 517 g/mol. The summed E-state index contributed by atoms with van der Waals surface area (Å²) >= 11 is 0. The van der Waals surface area contributed by atoms with Crippen LogP contribution >= 0.6 is 0 Å². The predicted octanol–water partition coefficient (Wildman–Crippen LogP) is 8.39. The summed E-state index contributed by atoms with van der Waals surface area (Å²) in [6.45, 7) is 18.0. The van der Waals surface area contributed by atoms with Gasteiger partial charge in [-0.3, -0.25) is 4.79 Å². The second-order valence-electron chi connectivity index (χ2n) is 12.4. The molecule has 0 aliphatic carbocycles. The summed E-state index contributed by atoms with van der Waals surface area (Å²) in [6, 6.07) is 0. The van der Waals surface area contributed by atoms with Crippen molar-refractivity contribution in [1.29, 1.82) is 0 Å². The number of carbonyl (C=O) groups is 1. The molecule has 1 aromatic heterocycles. The van der Waals surface area contributed by atoms with Crippen LogP contribution in [0.1, 0.15) is 129 Å². The minimum atomic E-state index is -0.499. The van der Waals surface area contributed by atoms with Gasteiger partial charge < -0.3 is 14.4 Å². The average Bonchev–Trinajstić information content (AvgIpc) is 3.19. The second-order valence-corrected chi connectivity index (χ2v) is 12.4. The maximum atomic E-state index is 11.5. The molecule has 3 atom stereocenters. The van der Waals surface area contributed by atoms with E-state index in [0.717, 1.165) is 67.6 Å². The number of ether oxygens (including phenoxy) is 2. The van der Waals surface area contributed by atoms with Crippen LogP contribution in [0.25, 0.3) is 0 Å². The van der Waals surface area contributed by atoms with Gasteiger partial charge in [-0.25, -0.2) is 4.98 Å². The molecule has 2 heterocycles. The Hall–Kier alpha value is -1.62. The van der Waals surface area contributed by atoms with Crippen molar-refractivity contribution < 1.29 is 14.3 Å². The van der Waals surface area contributed by atoms with Gasteiger partial charge in [0.2, 0.25) is 0 Å². The monoisotopic (exact) mass is 516 g/mol. The van der Waals surface area contributed by atoms with Gasteiger partial charge in [0.1, 0.15) is 5.82 Å². The van der Waals surface area contributed by atoms with Gasteiger partial charge in [-0.15, -0.1) is 0 Å². The number of likely N-dealkylation sites (N-methyl/N-ethyl adjacent to an activating group) is 1. The molecule has 212 valence electrons. The number of aryl methyl sites for hydroxylation is 1. The molecule has 0 radical (unpaired) electrons. The third kappa shape index (κ3) is 9.57. The van der Waals surface area contributed by atoms with Crippen LogP contribution < -0.4 is 9.64 Å². The Labute approximate surface area is 228 Å². The highest BCUT2D eigenvalue weighted by Crippen LogP contribution is 2.45. The lowest BCUT2D eigenvalue weighted by Gasteiger charge is -2.34. The zero-order chi connectivity index (χ0) is 27.4. The molecule has 0 fully saturated rings. The van der Waals surface area contributed by atoms with E-state index in [0.29, 0.717) is 24.7 Å². The van der Waals surface area contributed by atoms with Crippen molar-refractivity contribution >= 4 is 12.3 Å². The highest BCUT2D eigenvalue weighted by molar-refractivity contribution is 5.64. The molecule has 5 nitrogen and oxygen atoms in total. The maximum Gasteiger partial charge on any atom is 0.298 e. The molecule has 2 rings (SSSR count). The summed E-state index contributed by atoms with van der Waals surface area (Å²) in [4.78, 5) is 18.5. The lowest BCUT2D eigenvalue weighted by atomic mass is 9.84. The Bertz CT molecular complexity index is 825. The first-order valence-corrected chi connectivity index (χ1v) is 15.1. The fourth-order valence-electron chi connectivity index (χ4n) is 5.87. The van der Waals surface area contributed by atoms with E-state index in [1.165, 1.54) is 50.5 Å². The Morgan fingerprint density at radius 1 is 1.00 bits per heavy atom. The SMILES string of the molecule is CCCCO[C@](C)(CCCC(C)CCCC(C)CCCC(C)C)c1c2c(nc(C)c1OC=O)N(C)CC2. The molecule has 1 aliphatic heterocycles. The number of unbranched alkanes of at least 4 members (excludes halogenated alkanes) is 1. The molecule has 37 heavy (non-hydrogen) atoms. The molecule has 1 aromatic rings. The number of rotatable bonds is 19. The predicted molar refractivity (Wildman–Crippen MR) is 156 cm³/mol. The Morgan fingerprint density at radius 2 is 1.62 bits per heavy atom. The number of carbonyl (C=O) groups excluding carboxylic acids is 1. The highest BCUT2D eigenvalue weighted by Gasteiger charge is 2.38. The van der Waals surface area contributed by atoms with Gasteiger partial charge in [-0.1, -0.05) is 86.0 Å². The van der Waals surface area contributed by atoms with E-state index < -0.39 is 5.60 Å². The zero-order valence-electron chi connectivity index (χ0n) is 25.3. The molecular formula is C32H56N2O3. The van der Waals surface area contributed by atoms with E-state index in [4.69, 9.17) is 14.5 Å². The first kappa shape index (κ1) is 31.6. The van der Waals surface area contributed by atoms with Crippen LogP contribution in [0.3, 0.4) is 0 Å². The standard InChI is InChI=1S/C32H56N2O3/c1-9-10-22-37-32(7,20-13-18-26(5)17-12-16-25(4)15-11-14-24(2)3)29-28-19-21-34(8)31(28)33-27(6)30(29)36-23-35/h23-26H,9-22H2,1-8H3/t25?,26?,32-/m1/s1. The molecule has 0 bridgehead atoms. The van der Waals surface area contributed by atoms with E-state index >= 15 is 0 Å². The summed E-state index contributed by atoms with van der Waals surface area (Å²) in [7, 11) is 2.09. The van der Waals surface area contributed by atoms with Crippen molar-refractivity contribution in [2.75, 3.05) is 25.1 Å². The van der Waals surface area contributed by atoms with Crippen LogP contribution in [-0.4, -0.2) is 31.7 Å². The lowest BCUT2D eigenvalue weighted by Crippen LogP contribution is -2.30. The molecule has 0 saturated carbocycles. The number of hydrogen-bond donors (Lipinski definition) is 0. The van der Waals surface area contributed by atoms with Crippen LogP contribution in [0.4, 0.5) is 5.82 Å². The van der Waals surface area contributed by atoms with Gasteiger partial charge >= 0.3 is 0 Å². The summed E-state index contributed by atoms with van der Waals surface area (Å²) < 4.78 is 12.2. The van der Waals surface area contributed by atoms with E-state index in [1.54, 1.807) is 0 Å². The van der Waals surface area contributed by atoms with Crippen LogP contribution in [0.5, 0.6) is 5.75 Å². The van der Waals surface area contributed by atoms with E-state index in [1.807, 2.05) is 6.92 Å². The number of nitrogens with zero attached hydrogens (tertiary/aromatic N) is 2. The van der Waals surface area contributed by atoms with Crippen molar-refractivity contribution in [1.82, 2.24) is 4.98 Å². The molecule has 0 spiro atoms. The van der Waals surface area contributed by atoms with Crippen LogP contribution in [-0.2, 0) is 21.6 Å². The minimum absolute atomic E-state index is 0.499. The summed E-state index contributed by atoms with van der Waals surface area (Å²) in [5, 5.41) is 0. The third-order valence-corrected chi connectivity index (χ3v) is 8.30. The smallest absolute Gasteiger partial charge is 0.298 e. The van der Waals surface area contributed by atoms with Crippen LogP contribution in [0, 0.1) is 24.7 Å². The lowest BCUT2D eigenvalue weighted by molar-refractivity contribution is -0.121. The molecular weight excluding hydrogens is 460 g/mol. The normalized spacial score (nSPS) is 16.5. The molecule has 0 N–H and O–H groups in total. The molecule has 1 aliphatic rings. The van der Waals surface area contributed by atoms with Crippen LogP contribution in [0.2, 0.25) is 0 Å². The number of fused-ring (bicyclic) bond motifs is 1. The zero-order valence-corrected chi connectivity index (χ0v) is 25.3. The van der Waals surface area contributed by atoms with Gasteiger partial charge in [0.15, 0.2) is 5.75 Å². The fraction of sp³-hybridized carbons (Fsp3) is 0.812. The van der Waals surface area contributed by atoms with E-state index in [9.17, 15) is 4.79 Å². The Balaban J connectivity index is 2.05. The first-order chi connectivity index (χ1) is 17.6. The maximum absolute atomic E-state index is 11.5. The second kappa shape index (κ2) is 15.7. The topological polar surface area (TPSA) is 51.7 Å². The first-order valence-electron chi connectivity index (χ1n) is 15.1. The Morgan fingerprint density at radius 3 is 2.22 bits per heavy atom. The van der Waals surface area contributed by atoms with Crippen LogP contribution in [0.15, 0.2) is 0 Å². The van der Waals surface area contributed by atoms with Crippen molar-refractivity contribution in [3.63, 3.8) is 0 Å². The quantitative estimate of drug-likeness (QED) is 0.136. The molecule has 0 amide bonds.